The molecule has 0 spiro atoms. The van der Waals surface area contributed by atoms with Crippen LogP contribution in [0.3, 0.4) is 0 Å². The van der Waals surface area contributed by atoms with Crippen LogP contribution in [0.4, 0.5) is 11.6 Å². The van der Waals surface area contributed by atoms with Gasteiger partial charge in [0.25, 0.3) is 0 Å². The van der Waals surface area contributed by atoms with Crippen molar-refractivity contribution in [3.05, 3.63) is 30.6 Å². The van der Waals surface area contributed by atoms with Gasteiger partial charge in [0.1, 0.15) is 17.5 Å². The molecule has 6 heteroatoms. The fraction of sp³-hybridized carbons (Fsp3) is 0.417. The predicted molar refractivity (Wildman–Crippen MR) is 71.2 cm³/mol. The third-order valence-corrected chi connectivity index (χ3v) is 2.50. The summed E-state index contributed by atoms with van der Waals surface area (Å²) in [6, 6.07) is 1.76. The Balaban J connectivity index is 1.92. The van der Waals surface area contributed by atoms with Crippen molar-refractivity contribution >= 4 is 11.6 Å². The second-order valence-corrected chi connectivity index (χ2v) is 4.07. The summed E-state index contributed by atoms with van der Waals surface area (Å²) >= 11 is 0. The summed E-state index contributed by atoms with van der Waals surface area (Å²) in [5.41, 5.74) is 5.75. The first-order chi connectivity index (χ1) is 8.78. The highest BCUT2D eigenvalue weighted by molar-refractivity contribution is 5.44. The molecule has 0 aliphatic heterocycles. The average Bonchev–Trinajstić information content (AvgIpc) is 2.82. The first kappa shape index (κ1) is 12.3. The van der Waals surface area contributed by atoms with Crippen LogP contribution in [0.25, 0.3) is 0 Å². The van der Waals surface area contributed by atoms with Gasteiger partial charge in [0.15, 0.2) is 0 Å². The minimum absolute atomic E-state index is 0.513. The summed E-state index contributed by atoms with van der Waals surface area (Å²) in [5.74, 6) is 2.09. The Morgan fingerprint density at radius 3 is 3.00 bits per heavy atom. The number of nitrogens with two attached hydrogens (primary N) is 1. The van der Waals surface area contributed by atoms with E-state index < -0.39 is 0 Å². The van der Waals surface area contributed by atoms with E-state index in [-0.39, 0.29) is 0 Å². The summed E-state index contributed by atoms with van der Waals surface area (Å²) in [7, 11) is 0. The molecule has 0 aliphatic carbocycles. The van der Waals surface area contributed by atoms with Crippen molar-refractivity contribution in [1.82, 2.24) is 19.5 Å². The van der Waals surface area contributed by atoms with Crippen LogP contribution < -0.4 is 11.1 Å². The van der Waals surface area contributed by atoms with Crippen LogP contribution in [0.5, 0.6) is 0 Å². The fourth-order valence-corrected chi connectivity index (χ4v) is 1.68. The molecule has 2 rings (SSSR count). The summed E-state index contributed by atoms with van der Waals surface area (Å²) in [6.07, 6.45) is 7.35. The van der Waals surface area contributed by atoms with Crippen molar-refractivity contribution in [2.24, 2.45) is 0 Å². The van der Waals surface area contributed by atoms with E-state index in [4.69, 9.17) is 5.73 Å². The molecule has 0 saturated carbocycles. The van der Waals surface area contributed by atoms with Gasteiger partial charge in [0, 0.05) is 38.0 Å². The maximum Gasteiger partial charge on any atom is 0.133 e. The van der Waals surface area contributed by atoms with E-state index in [0.717, 1.165) is 37.6 Å². The van der Waals surface area contributed by atoms with Gasteiger partial charge in [0.2, 0.25) is 0 Å². The lowest BCUT2D eigenvalue weighted by molar-refractivity contribution is 0.724. The lowest BCUT2D eigenvalue weighted by Crippen LogP contribution is -2.12. The van der Waals surface area contributed by atoms with Gasteiger partial charge in [-0.25, -0.2) is 15.0 Å². The summed E-state index contributed by atoms with van der Waals surface area (Å²) in [4.78, 5) is 12.6. The Labute approximate surface area is 106 Å². The van der Waals surface area contributed by atoms with Gasteiger partial charge in [0.05, 0.1) is 6.33 Å². The maximum absolute atomic E-state index is 5.75. The van der Waals surface area contributed by atoms with Gasteiger partial charge in [-0.1, -0.05) is 6.92 Å². The molecular weight excluding hydrogens is 228 g/mol. The Morgan fingerprint density at radius 2 is 2.28 bits per heavy atom. The topological polar surface area (TPSA) is 81.6 Å². The summed E-state index contributed by atoms with van der Waals surface area (Å²) < 4.78 is 2.00. The molecule has 0 fully saturated rings. The van der Waals surface area contributed by atoms with E-state index in [9.17, 15) is 0 Å². The molecule has 0 atom stereocenters. The van der Waals surface area contributed by atoms with Crippen LogP contribution in [0.15, 0.2) is 24.8 Å². The normalized spacial score (nSPS) is 10.5. The SMILES string of the molecule is CCCc1nc(N)cc(NCCn2ccnc2)n1. The van der Waals surface area contributed by atoms with Crippen molar-refractivity contribution in [2.45, 2.75) is 26.3 Å². The minimum Gasteiger partial charge on any atom is -0.384 e. The number of nitrogens with zero attached hydrogens (tertiary/aromatic N) is 4. The first-order valence-corrected chi connectivity index (χ1v) is 6.11. The number of rotatable bonds is 6. The lowest BCUT2D eigenvalue weighted by Gasteiger charge is -2.08. The van der Waals surface area contributed by atoms with Crippen LogP contribution in [-0.2, 0) is 13.0 Å². The second-order valence-electron chi connectivity index (χ2n) is 4.07. The average molecular weight is 246 g/mol. The quantitative estimate of drug-likeness (QED) is 0.803. The Kier molecular flexibility index (Phi) is 4.11. The van der Waals surface area contributed by atoms with E-state index in [1.54, 1.807) is 18.6 Å². The molecule has 18 heavy (non-hydrogen) atoms. The van der Waals surface area contributed by atoms with Crippen molar-refractivity contribution in [1.29, 1.82) is 0 Å². The third kappa shape index (κ3) is 3.44. The highest BCUT2D eigenvalue weighted by atomic mass is 15.1. The molecule has 0 radical (unpaired) electrons. The zero-order valence-corrected chi connectivity index (χ0v) is 10.5. The first-order valence-electron chi connectivity index (χ1n) is 6.11. The summed E-state index contributed by atoms with van der Waals surface area (Å²) in [6.45, 7) is 3.71. The van der Waals surface area contributed by atoms with E-state index in [1.165, 1.54) is 0 Å². The van der Waals surface area contributed by atoms with Crippen LogP contribution in [-0.4, -0.2) is 26.1 Å². The largest absolute Gasteiger partial charge is 0.384 e. The predicted octanol–water partition coefficient (Wildman–Crippen LogP) is 1.32. The standard InChI is InChI=1S/C12H18N6/c1-2-3-11-16-10(13)8-12(17-11)15-5-7-18-6-4-14-9-18/h4,6,8-9H,2-3,5,7H2,1H3,(H3,13,15,16,17). The number of imidazole rings is 1. The molecule has 0 aromatic carbocycles. The third-order valence-electron chi connectivity index (χ3n) is 2.50. The highest BCUT2D eigenvalue weighted by Crippen LogP contribution is 2.09. The number of aryl methyl sites for hydroxylation is 1. The van der Waals surface area contributed by atoms with Gasteiger partial charge in [-0.3, -0.25) is 0 Å². The molecule has 2 heterocycles. The van der Waals surface area contributed by atoms with Gasteiger partial charge in [-0.2, -0.15) is 0 Å². The number of hydrogen-bond acceptors (Lipinski definition) is 5. The molecule has 6 nitrogen and oxygen atoms in total. The fourth-order valence-electron chi connectivity index (χ4n) is 1.68. The lowest BCUT2D eigenvalue weighted by atomic mass is 10.3. The van der Waals surface area contributed by atoms with Crippen molar-refractivity contribution in [2.75, 3.05) is 17.6 Å². The monoisotopic (exact) mass is 246 g/mol. The van der Waals surface area contributed by atoms with Gasteiger partial charge in [-0.15, -0.1) is 0 Å². The van der Waals surface area contributed by atoms with Crippen LogP contribution in [0.1, 0.15) is 19.2 Å². The molecule has 0 bridgehead atoms. The molecule has 2 aromatic heterocycles. The number of hydrogen-bond donors (Lipinski definition) is 2. The molecule has 0 saturated heterocycles. The minimum atomic E-state index is 0.513. The Hall–Kier alpha value is -2.11. The molecule has 0 aliphatic rings. The van der Waals surface area contributed by atoms with Crippen molar-refractivity contribution < 1.29 is 0 Å². The van der Waals surface area contributed by atoms with E-state index in [0.29, 0.717) is 5.82 Å². The van der Waals surface area contributed by atoms with Crippen LogP contribution in [0, 0.1) is 0 Å². The van der Waals surface area contributed by atoms with Crippen molar-refractivity contribution in [3.8, 4) is 0 Å². The molecule has 0 amide bonds. The second kappa shape index (κ2) is 6.00. The van der Waals surface area contributed by atoms with E-state index >= 15 is 0 Å². The van der Waals surface area contributed by atoms with E-state index in [2.05, 4.69) is 27.2 Å². The molecule has 0 unspecified atom stereocenters. The number of nitrogen functional groups attached to an aromatic ring is 1. The molecule has 96 valence electrons. The molecule has 3 N–H and O–H groups in total. The van der Waals surface area contributed by atoms with E-state index in [1.807, 2.05) is 10.8 Å². The van der Waals surface area contributed by atoms with Crippen LogP contribution in [0.2, 0.25) is 0 Å². The Morgan fingerprint density at radius 1 is 1.39 bits per heavy atom. The highest BCUT2D eigenvalue weighted by Gasteiger charge is 2.01. The number of anilines is 2. The zero-order valence-electron chi connectivity index (χ0n) is 10.5. The van der Waals surface area contributed by atoms with Gasteiger partial charge >= 0.3 is 0 Å². The zero-order chi connectivity index (χ0) is 12.8. The number of aromatic nitrogens is 4. The summed E-state index contributed by atoms with van der Waals surface area (Å²) in [5, 5.41) is 3.24. The maximum atomic E-state index is 5.75. The van der Waals surface area contributed by atoms with Gasteiger partial charge in [-0.05, 0) is 6.42 Å². The number of nitrogens with one attached hydrogen (secondary N) is 1. The molecular formula is C12H18N6. The van der Waals surface area contributed by atoms with Gasteiger partial charge < -0.3 is 15.6 Å². The van der Waals surface area contributed by atoms with Crippen molar-refractivity contribution in [3.63, 3.8) is 0 Å². The smallest absolute Gasteiger partial charge is 0.133 e. The van der Waals surface area contributed by atoms with Crippen LogP contribution >= 0.6 is 0 Å². The Bertz CT molecular complexity index is 479. The molecule has 2 aromatic rings.